The minimum Gasteiger partial charge on any atom is -0.309 e. The van der Waals surface area contributed by atoms with Gasteiger partial charge in [0, 0.05) is 42.9 Å². The molecule has 1 aliphatic carbocycles. The van der Waals surface area contributed by atoms with E-state index < -0.39 is 0 Å². The molecule has 0 aliphatic heterocycles. The van der Waals surface area contributed by atoms with E-state index in [0.717, 1.165) is 38.5 Å². The van der Waals surface area contributed by atoms with Gasteiger partial charge in [0.05, 0.1) is 27.5 Å². The first-order chi connectivity index (χ1) is 26.2. The van der Waals surface area contributed by atoms with Crippen LogP contribution in [0.2, 0.25) is 0 Å². The van der Waals surface area contributed by atoms with Crippen molar-refractivity contribution in [3.63, 3.8) is 0 Å². The van der Waals surface area contributed by atoms with Gasteiger partial charge in [0.1, 0.15) is 4.83 Å². The summed E-state index contributed by atoms with van der Waals surface area (Å²) in [4.78, 5) is 11.7. The van der Waals surface area contributed by atoms with E-state index in [1.54, 1.807) is 11.3 Å². The van der Waals surface area contributed by atoms with Crippen LogP contribution in [0, 0.1) is 5.92 Å². The smallest absolute Gasteiger partial charge is 0.163 e. The van der Waals surface area contributed by atoms with Gasteiger partial charge in [-0.3, -0.25) is 4.57 Å². The normalized spacial score (nSPS) is 16.6. The molecule has 4 heterocycles. The maximum atomic E-state index is 5.48. The van der Waals surface area contributed by atoms with Crippen LogP contribution in [0.1, 0.15) is 52.2 Å². The number of nitrogens with zero attached hydrogens (tertiary/aromatic N) is 4. The average molecular weight is 717 g/mol. The summed E-state index contributed by atoms with van der Waals surface area (Å²) >= 11 is 1.74. The Balaban J connectivity index is 1.27. The van der Waals surface area contributed by atoms with Crippen LogP contribution >= 0.6 is 11.3 Å². The predicted octanol–water partition coefficient (Wildman–Crippen LogP) is 13.3. The zero-order chi connectivity index (χ0) is 36.5. The Bertz CT molecular complexity index is 3160. The number of benzene rings is 6. The number of rotatable bonds is 3. The fraction of sp³-hybridized carbons (Fsp3) is 0.184. The van der Waals surface area contributed by atoms with E-state index in [-0.39, 0.29) is 10.8 Å². The highest BCUT2D eigenvalue weighted by Gasteiger charge is 2.42. The van der Waals surface area contributed by atoms with E-state index in [2.05, 4.69) is 171 Å². The monoisotopic (exact) mass is 716 g/mol. The summed E-state index contributed by atoms with van der Waals surface area (Å²) in [5, 5.41) is 7.22. The molecule has 5 heteroatoms. The molecule has 1 aliphatic rings. The third-order valence-corrected chi connectivity index (χ3v) is 13.7. The van der Waals surface area contributed by atoms with Crippen molar-refractivity contribution < 1.29 is 0 Å². The van der Waals surface area contributed by atoms with Crippen LogP contribution in [-0.2, 0) is 10.8 Å². The zero-order valence-electron chi connectivity index (χ0n) is 31.2. The number of para-hydroxylation sites is 2. The summed E-state index contributed by atoms with van der Waals surface area (Å²) in [5.41, 5.74) is 10.0. The summed E-state index contributed by atoms with van der Waals surface area (Å²) in [6, 6.07) is 48.9. The number of hydrogen-bond donors (Lipinski definition) is 0. The van der Waals surface area contributed by atoms with Gasteiger partial charge in [-0.05, 0) is 76.8 Å². The fourth-order valence-corrected chi connectivity index (χ4v) is 10.7. The fourth-order valence-electron chi connectivity index (χ4n) is 9.61. The maximum absolute atomic E-state index is 5.48. The van der Waals surface area contributed by atoms with Gasteiger partial charge in [-0.2, -0.15) is 0 Å². The number of fused-ring (bicyclic) bond motifs is 10. The van der Waals surface area contributed by atoms with Crippen molar-refractivity contribution in [1.82, 2.24) is 19.1 Å². The van der Waals surface area contributed by atoms with Crippen LogP contribution in [0.4, 0.5) is 0 Å². The SMILES string of the molecule is CC1CC(C)(C)c2ccc(-n3c4ccccc4c4cc5c6ccccc6n(-c6nc(-c7ccccc7)nc7sc8ccccc8c67)c5cc43)cc2C1(C)C. The van der Waals surface area contributed by atoms with E-state index in [1.165, 1.54) is 65.9 Å². The zero-order valence-corrected chi connectivity index (χ0v) is 32.0. The van der Waals surface area contributed by atoms with Gasteiger partial charge in [0.15, 0.2) is 11.6 Å². The van der Waals surface area contributed by atoms with Crippen LogP contribution in [0.15, 0.2) is 133 Å². The van der Waals surface area contributed by atoms with E-state index in [0.29, 0.717) is 5.92 Å². The molecule has 54 heavy (non-hydrogen) atoms. The van der Waals surface area contributed by atoms with Crippen LogP contribution in [-0.4, -0.2) is 19.1 Å². The molecule has 0 amide bonds. The van der Waals surface area contributed by atoms with Gasteiger partial charge in [-0.15, -0.1) is 11.3 Å². The summed E-state index contributed by atoms with van der Waals surface area (Å²) in [6.07, 6.45) is 1.19. The molecule has 0 spiro atoms. The molecule has 4 aromatic heterocycles. The Labute approximate surface area is 318 Å². The van der Waals surface area contributed by atoms with Gasteiger partial charge in [-0.1, -0.05) is 126 Å². The molecule has 0 radical (unpaired) electrons. The van der Waals surface area contributed by atoms with E-state index in [9.17, 15) is 0 Å². The van der Waals surface area contributed by atoms with Crippen molar-refractivity contribution >= 4 is 75.3 Å². The van der Waals surface area contributed by atoms with Gasteiger partial charge >= 0.3 is 0 Å². The molecule has 0 saturated heterocycles. The van der Waals surface area contributed by atoms with Gasteiger partial charge in [0.2, 0.25) is 0 Å². The van der Waals surface area contributed by atoms with Crippen LogP contribution in [0.25, 0.3) is 86.8 Å². The summed E-state index contributed by atoms with van der Waals surface area (Å²) in [6.45, 7) is 12.1. The van der Waals surface area contributed by atoms with E-state index in [4.69, 9.17) is 9.97 Å². The van der Waals surface area contributed by atoms with Gasteiger partial charge in [-0.25, -0.2) is 9.97 Å². The Morgan fingerprint density at radius 3 is 1.94 bits per heavy atom. The molecule has 4 nitrogen and oxygen atoms in total. The largest absolute Gasteiger partial charge is 0.309 e. The van der Waals surface area contributed by atoms with Gasteiger partial charge in [0.25, 0.3) is 0 Å². The molecule has 1 atom stereocenters. The van der Waals surface area contributed by atoms with E-state index in [1.807, 2.05) is 6.07 Å². The summed E-state index contributed by atoms with van der Waals surface area (Å²) < 4.78 is 6.12. The molecule has 0 N–H and O–H groups in total. The van der Waals surface area contributed by atoms with Crippen molar-refractivity contribution in [2.75, 3.05) is 0 Å². The second-order valence-electron chi connectivity index (χ2n) is 16.5. The van der Waals surface area contributed by atoms with Crippen LogP contribution in [0.3, 0.4) is 0 Å². The molecule has 0 saturated carbocycles. The molecule has 262 valence electrons. The molecular weight excluding hydrogens is 677 g/mol. The molecular formula is C49H40N4S. The van der Waals surface area contributed by atoms with Crippen molar-refractivity contribution in [2.45, 2.75) is 51.9 Å². The van der Waals surface area contributed by atoms with E-state index >= 15 is 0 Å². The first-order valence-electron chi connectivity index (χ1n) is 19.1. The first kappa shape index (κ1) is 31.7. The number of thiophene rings is 1. The third-order valence-electron chi connectivity index (χ3n) is 12.7. The lowest BCUT2D eigenvalue weighted by atomic mass is 9.58. The van der Waals surface area contributed by atoms with Crippen molar-refractivity contribution in [1.29, 1.82) is 0 Å². The second-order valence-corrected chi connectivity index (χ2v) is 17.6. The Hall–Kier alpha value is -5.78. The molecule has 0 fully saturated rings. The highest BCUT2D eigenvalue weighted by molar-refractivity contribution is 7.25. The molecule has 10 aromatic rings. The van der Waals surface area contributed by atoms with Crippen molar-refractivity contribution in [3.05, 3.63) is 145 Å². The molecule has 11 rings (SSSR count). The van der Waals surface area contributed by atoms with Gasteiger partial charge < -0.3 is 4.57 Å². The summed E-state index contributed by atoms with van der Waals surface area (Å²) in [5.74, 6) is 2.22. The van der Waals surface area contributed by atoms with Crippen LogP contribution in [0.5, 0.6) is 0 Å². The van der Waals surface area contributed by atoms with Crippen molar-refractivity contribution in [2.24, 2.45) is 5.92 Å². The highest BCUT2D eigenvalue weighted by Crippen LogP contribution is 2.50. The third kappa shape index (κ3) is 4.36. The molecule has 1 unspecified atom stereocenters. The highest BCUT2D eigenvalue weighted by atomic mass is 32.1. The minimum absolute atomic E-state index is 0.0669. The minimum atomic E-state index is 0.0669. The van der Waals surface area contributed by atoms with Crippen molar-refractivity contribution in [3.8, 4) is 22.9 Å². The quantitative estimate of drug-likeness (QED) is 0.182. The second kappa shape index (κ2) is 11.1. The lowest BCUT2D eigenvalue weighted by molar-refractivity contribution is 0.233. The Morgan fingerprint density at radius 1 is 0.574 bits per heavy atom. The maximum Gasteiger partial charge on any atom is 0.163 e. The number of aromatic nitrogens is 4. The predicted molar refractivity (Wildman–Crippen MR) is 229 cm³/mol. The Kier molecular flexibility index (Phi) is 6.54. The lowest BCUT2D eigenvalue weighted by Gasteiger charge is -2.46. The molecule has 6 aromatic carbocycles. The standard InChI is InChI=1S/C49H40N4S/c1-29-28-48(2,3)37-24-23-31(25-38(37)49(29,4)5)52-39-20-12-9-17-32(39)35-26-36-33-18-10-13-21-40(33)53(42(36)27-41(35)52)46-44-34-19-11-14-22-43(34)54-47(44)51-45(50-46)30-15-7-6-8-16-30/h6-27,29H,28H2,1-5H3. The average Bonchev–Trinajstić information content (AvgIpc) is 3.83. The number of hydrogen-bond acceptors (Lipinski definition) is 3. The van der Waals surface area contributed by atoms with Crippen LogP contribution < -0.4 is 0 Å². The molecule has 0 bridgehead atoms. The summed E-state index contributed by atoms with van der Waals surface area (Å²) in [7, 11) is 0. The first-order valence-corrected chi connectivity index (χ1v) is 19.9. The lowest BCUT2D eigenvalue weighted by Crippen LogP contribution is -2.40. The topological polar surface area (TPSA) is 35.6 Å². The Morgan fingerprint density at radius 2 is 1.20 bits per heavy atom.